The molecule has 13 heavy (non-hydrogen) atoms. The second kappa shape index (κ2) is 5.59. The number of hydrogen-bond acceptors (Lipinski definition) is 0. The van der Waals surface area contributed by atoms with Gasteiger partial charge in [0.05, 0.1) is 8.80 Å². The highest BCUT2D eigenvalue weighted by Crippen LogP contribution is 2.08. The van der Waals surface area contributed by atoms with Gasteiger partial charge in [-0.15, -0.1) is 13.2 Å². The van der Waals surface area contributed by atoms with Gasteiger partial charge in [0.1, 0.15) is 0 Å². The third-order valence-corrected chi connectivity index (χ3v) is 5.19. The van der Waals surface area contributed by atoms with Crippen molar-refractivity contribution in [1.29, 1.82) is 0 Å². The molecule has 1 aromatic rings. The molecular weight excluding hydrogens is 174 g/mol. The van der Waals surface area contributed by atoms with Gasteiger partial charge in [0.2, 0.25) is 0 Å². The zero-order chi connectivity index (χ0) is 9.52. The first-order chi connectivity index (χ1) is 6.36. The van der Waals surface area contributed by atoms with Crippen LogP contribution in [0.15, 0.2) is 43.6 Å². The summed E-state index contributed by atoms with van der Waals surface area (Å²) >= 11 is 0. The van der Waals surface area contributed by atoms with Crippen molar-refractivity contribution in [3.8, 4) is 0 Å². The molecule has 70 valence electrons. The summed E-state index contributed by atoms with van der Waals surface area (Å²) in [6, 6.07) is 7.84. The molecule has 0 unspecified atom stereocenters. The van der Waals surface area contributed by atoms with Crippen molar-refractivity contribution in [2.75, 3.05) is 0 Å². The van der Waals surface area contributed by atoms with Crippen LogP contribution < -0.4 is 0 Å². The lowest BCUT2D eigenvalue weighted by Gasteiger charge is -2.09. The zero-order valence-electron chi connectivity index (χ0n) is 8.00. The van der Waals surface area contributed by atoms with E-state index in [1.165, 1.54) is 23.8 Å². The molecule has 1 aromatic heterocycles. The Bertz CT molecular complexity index is 241. The molecule has 0 aliphatic rings. The summed E-state index contributed by atoms with van der Waals surface area (Å²) in [6.07, 6.45) is 6.08. The van der Waals surface area contributed by atoms with Crippen LogP contribution in [0.2, 0.25) is 12.1 Å². The SMILES string of the molecule is C=CC[SiH](CC=C)Cc1ccc[nH]1. The van der Waals surface area contributed by atoms with Crippen LogP contribution in [0.5, 0.6) is 0 Å². The molecule has 1 nitrogen and oxygen atoms in total. The van der Waals surface area contributed by atoms with Gasteiger partial charge in [0.15, 0.2) is 0 Å². The van der Waals surface area contributed by atoms with Crippen molar-refractivity contribution < 1.29 is 0 Å². The van der Waals surface area contributed by atoms with E-state index in [4.69, 9.17) is 0 Å². The Morgan fingerprint density at radius 1 is 1.31 bits per heavy atom. The number of nitrogens with one attached hydrogen (secondary N) is 1. The van der Waals surface area contributed by atoms with Crippen molar-refractivity contribution >= 4 is 8.80 Å². The average molecular weight is 191 g/mol. The van der Waals surface area contributed by atoms with Gasteiger partial charge in [-0.25, -0.2) is 0 Å². The van der Waals surface area contributed by atoms with E-state index in [1.807, 2.05) is 18.3 Å². The highest BCUT2D eigenvalue weighted by atomic mass is 28.3. The third kappa shape index (κ3) is 3.47. The van der Waals surface area contributed by atoms with Gasteiger partial charge < -0.3 is 4.98 Å². The van der Waals surface area contributed by atoms with Gasteiger partial charge in [-0.3, -0.25) is 0 Å². The first-order valence-corrected chi connectivity index (χ1v) is 7.15. The lowest BCUT2D eigenvalue weighted by atomic mass is 10.5. The number of H-pyrrole nitrogens is 1. The number of allylic oxidation sites excluding steroid dienone is 2. The molecule has 0 saturated carbocycles. The van der Waals surface area contributed by atoms with E-state index in [0.29, 0.717) is 0 Å². The van der Waals surface area contributed by atoms with Gasteiger partial charge in [0, 0.05) is 11.9 Å². The fraction of sp³-hybridized carbons (Fsp3) is 0.273. The second-order valence-electron chi connectivity index (χ2n) is 3.31. The topological polar surface area (TPSA) is 15.8 Å². The number of aromatic nitrogens is 1. The molecular formula is C11H17NSi. The Hall–Kier alpha value is -1.02. The number of rotatable bonds is 6. The van der Waals surface area contributed by atoms with Crippen molar-refractivity contribution in [3.63, 3.8) is 0 Å². The largest absolute Gasteiger partial charge is 0.365 e. The molecule has 0 spiro atoms. The Balaban J connectivity index is 2.46. The molecule has 1 rings (SSSR count). The first kappa shape index (κ1) is 10.1. The molecule has 2 heteroatoms. The molecule has 0 atom stereocenters. The van der Waals surface area contributed by atoms with Gasteiger partial charge in [-0.1, -0.05) is 12.2 Å². The third-order valence-electron chi connectivity index (χ3n) is 2.17. The van der Waals surface area contributed by atoms with E-state index < -0.39 is 8.80 Å². The molecule has 1 heterocycles. The van der Waals surface area contributed by atoms with E-state index in [-0.39, 0.29) is 0 Å². The summed E-state index contributed by atoms with van der Waals surface area (Å²) < 4.78 is 0. The van der Waals surface area contributed by atoms with Crippen LogP contribution in [0.25, 0.3) is 0 Å². The molecule has 0 radical (unpaired) electrons. The maximum atomic E-state index is 3.80. The fourth-order valence-corrected chi connectivity index (χ4v) is 3.88. The van der Waals surface area contributed by atoms with Crippen LogP contribution >= 0.6 is 0 Å². The Kier molecular flexibility index (Phi) is 4.33. The Morgan fingerprint density at radius 3 is 2.46 bits per heavy atom. The maximum absolute atomic E-state index is 3.80. The predicted octanol–water partition coefficient (Wildman–Crippen LogP) is 2.70. The molecule has 0 fully saturated rings. The lowest BCUT2D eigenvalue weighted by Crippen LogP contribution is -2.14. The van der Waals surface area contributed by atoms with Crippen molar-refractivity contribution in [2.45, 2.75) is 18.1 Å². The maximum Gasteiger partial charge on any atom is 0.0506 e. The van der Waals surface area contributed by atoms with E-state index in [9.17, 15) is 0 Å². The van der Waals surface area contributed by atoms with E-state index in [1.54, 1.807) is 0 Å². The van der Waals surface area contributed by atoms with E-state index >= 15 is 0 Å². The summed E-state index contributed by atoms with van der Waals surface area (Å²) in [7, 11) is -0.694. The predicted molar refractivity (Wildman–Crippen MR) is 61.7 cm³/mol. The van der Waals surface area contributed by atoms with Crippen LogP contribution in [-0.2, 0) is 6.04 Å². The molecule has 0 aromatic carbocycles. The molecule has 0 bridgehead atoms. The second-order valence-corrected chi connectivity index (χ2v) is 6.40. The molecule has 0 amide bonds. The molecule has 0 aliphatic heterocycles. The summed E-state index contributed by atoms with van der Waals surface area (Å²) in [4.78, 5) is 3.25. The highest BCUT2D eigenvalue weighted by Gasteiger charge is 2.07. The Labute approximate surface area is 81.8 Å². The minimum atomic E-state index is -0.694. The van der Waals surface area contributed by atoms with Crippen LogP contribution in [0, 0.1) is 0 Å². The van der Waals surface area contributed by atoms with Gasteiger partial charge in [0.25, 0.3) is 0 Å². The molecule has 1 N–H and O–H groups in total. The summed E-state index contributed by atoms with van der Waals surface area (Å²) in [5.74, 6) is 0. The van der Waals surface area contributed by atoms with Crippen molar-refractivity contribution in [2.24, 2.45) is 0 Å². The Morgan fingerprint density at radius 2 is 2.00 bits per heavy atom. The smallest absolute Gasteiger partial charge is 0.0506 e. The molecule has 0 saturated heterocycles. The van der Waals surface area contributed by atoms with Crippen LogP contribution in [0.4, 0.5) is 0 Å². The van der Waals surface area contributed by atoms with Gasteiger partial charge in [-0.05, 0) is 30.3 Å². The van der Waals surface area contributed by atoms with Crippen molar-refractivity contribution in [1.82, 2.24) is 4.98 Å². The standard InChI is InChI=1S/C11H17NSi/c1-3-8-13(9-4-2)10-11-6-5-7-12-11/h3-7,12-13H,1-2,8-10H2. The average Bonchev–Trinajstić information content (AvgIpc) is 2.58. The summed E-state index contributed by atoms with van der Waals surface area (Å²) in [6.45, 7) is 7.60. The summed E-state index contributed by atoms with van der Waals surface area (Å²) in [5.41, 5.74) is 1.36. The number of hydrogen-bond donors (Lipinski definition) is 1. The van der Waals surface area contributed by atoms with E-state index in [0.717, 1.165) is 0 Å². The first-order valence-electron chi connectivity index (χ1n) is 4.71. The molecule has 0 aliphatic carbocycles. The highest BCUT2D eigenvalue weighted by molar-refractivity contribution is 6.59. The van der Waals surface area contributed by atoms with Gasteiger partial charge in [-0.2, -0.15) is 0 Å². The quantitative estimate of drug-likeness (QED) is 0.525. The fourth-order valence-electron chi connectivity index (χ4n) is 1.54. The van der Waals surface area contributed by atoms with Crippen LogP contribution in [0.3, 0.4) is 0 Å². The van der Waals surface area contributed by atoms with Crippen molar-refractivity contribution in [3.05, 3.63) is 49.3 Å². The summed E-state index contributed by atoms with van der Waals surface area (Å²) in [5, 5.41) is 0. The van der Waals surface area contributed by atoms with Crippen LogP contribution in [-0.4, -0.2) is 13.8 Å². The number of aromatic amines is 1. The van der Waals surface area contributed by atoms with E-state index in [2.05, 4.69) is 30.3 Å². The minimum Gasteiger partial charge on any atom is -0.365 e. The van der Waals surface area contributed by atoms with Crippen LogP contribution in [0.1, 0.15) is 5.69 Å². The monoisotopic (exact) mass is 191 g/mol. The zero-order valence-corrected chi connectivity index (χ0v) is 9.15. The lowest BCUT2D eigenvalue weighted by molar-refractivity contribution is 1.18. The van der Waals surface area contributed by atoms with Gasteiger partial charge >= 0.3 is 0 Å². The normalized spacial score (nSPS) is 10.2. The minimum absolute atomic E-state index is 0.694.